The van der Waals surface area contributed by atoms with Crippen LogP contribution >= 0.6 is 0 Å². The van der Waals surface area contributed by atoms with E-state index in [9.17, 15) is 19.5 Å². The van der Waals surface area contributed by atoms with Gasteiger partial charge in [0.2, 0.25) is 0 Å². The van der Waals surface area contributed by atoms with Gasteiger partial charge in [-0.15, -0.1) is 0 Å². The largest absolute Gasteiger partial charge is 0.481 e. The van der Waals surface area contributed by atoms with Crippen LogP contribution in [0.4, 0.5) is 0 Å². The minimum absolute atomic E-state index is 0.160. The maximum Gasteiger partial charge on any atom is 0.311 e. The van der Waals surface area contributed by atoms with E-state index in [1.807, 2.05) is 13.8 Å². The molecule has 0 aliphatic carbocycles. The molecule has 0 heterocycles. The zero-order valence-corrected chi connectivity index (χ0v) is 14.5. The zero-order chi connectivity index (χ0) is 17.9. The lowest BCUT2D eigenvalue weighted by Crippen LogP contribution is -2.36. The molecule has 0 fully saturated rings. The maximum absolute atomic E-state index is 12.3. The standard InChI is InChI=1S/C17H30O6/c1-4-13(15(20)21)12-17(5-2,16(22)23-3)11-9-7-6-8-10-14(18)19/h13H,4-12H2,1-3H3,(H,18,19)(H,20,21). The molecule has 0 saturated carbocycles. The van der Waals surface area contributed by atoms with Gasteiger partial charge in [0.15, 0.2) is 0 Å². The van der Waals surface area contributed by atoms with Gasteiger partial charge in [-0.25, -0.2) is 0 Å². The Morgan fingerprint density at radius 1 is 1.04 bits per heavy atom. The third-order valence-corrected chi connectivity index (χ3v) is 4.57. The van der Waals surface area contributed by atoms with Crippen LogP contribution in [0, 0.1) is 11.3 Å². The van der Waals surface area contributed by atoms with Gasteiger partial charge in [0.25, 0.3) is 0 Å². The lowest BCUT2D eigenvalue weighted by molar-refractivity contribution is -0.157. The highest BCUT2D eigenvalue weighted by Gasteiger charge is 2.40. The van der Waals surface area contributed by atoms with Crippen molar-refractivity contribution in [3.63, 3.8) is 0 Å². The Labute approximate surface area is 138 Å². The molecular weight excluding hydrogens is 300 g/mol. The van der Waals surface area contributed by atoms with E-state index < -0.39 is 23.3 Å². The maximum atomic E-state index is 12.3. The van der Waals surface area contributed by atoms with Crippen LogP contribution in [0.15, 0.2) is 0 Å². The summed E-state index contributed by atoms with van der Waals surface area (Å²) in [6.45, 7) is 3.69. The number of aliphatic carboxylic acids is 2. The number of carboxylic acid groups (broad SMARTS) is 2. The van der Waals surface area contributed by atoms with Crippen LogP contribution in [0.2, 0.25) is 0 Å². The topological polar surface area (TPSA) is 101 Å². The molecule has 6 heteroatoms. The first-order valence-corrected chi connectivity index (χ1v) is 8.36. The van der Waals surface area contributed by atoms with Gasteiger partial charge in [0.05, 0.1) is 18.4 Å². The average molecular weight is 330 g/mol. The Balaban J connectivity index is 4.70. The van der Waals surface area contributed by atoms with Crippen LogP contribution in [0.3, 0.4) is 0 Å². The summed E-state index contributed by atoms with van der Waals surface area (Å²) in [5.41, 5.74) is -0.763. The number of hydrogen-bond acceptors (Lipinski definition) is 4. The van der Waals surface area contributed by atoms with Crippen molar-refractivity contribution in [3.05, 3.63) is 0 Å². The van der Waals surface area contributed by atoms with Crippen molar-refractivity contribution in [1.82, 2.24) is 0 Å². The van der Waals surface area contributed by atoms with Gasteiger partial charge in [0, 0.05) is 6.42 Å². The van der Waals surface area contributed by atoms with Crippen molar-refractivity contribution < 1.29 is 29.3 Å². The Hall–Kier alpha value is -1.59. The molecule has 0 aromatic rings. The van der Waals surface area contributed by atoms with Gasteiger partial charge in [0.1, 0.15) is 0 Å². The van der Waals surface area contributed by atoms with Gasteiger partial charge in [-0.3, -0.25) is 14.4 Å². The van der Waals surface area contributed by atoms with Crippen molar-refractivity contribution in [3.8, 4) is 0 Å². The molecule has 2 N–H and O–H groups in total. The number of ether oxygens (including phenoxy) is 1. The van der Waals surface area contributed by atoms with Crippen LogP contribution in [-0.4, -0.2) is 35.2 Å². The number of unbranched alkanes of at least 4 members (excludes halogenated alkanes) is 3. The lowest BCUT2D eigenvalue weighted by Gasteiger charge is -2.32. The van der Waals surface area contributed by atoms with E-state index >= 15 is 0 Å². The van der Waals surface area contributed by atoms with E-state index in [-0.39, 0.29) is 18.8 Å². The smallest absolute Gasteiger partial charge is 0.311 e. The van der Waals surface area contributed by atoms with Crippen LogP contribution in [0.1, 0.15) is 71.6 Å². The third-order valence-electron chi connectivity index (χ3n) is 4.57. The minimum atomic E-state index is -0.879. The summed E-state index contributed by atoms with van der Waals surface area (Å²) in [6, 6.07) is 0. The second kappa shape index (κ2) is 11.0. The average Bonchev–Trinajstić information content (AvgIpc) is 2.52. The first kappa shape index (κ1) is 21.4. The number of esters is 1. The molecule has 2 atom stereocenters. The fourth-order valence-corrected chi connectivity index (χ4v) is 2.94. The third kappa shape index (κ3) is 7.48. The normalized spacial score (nSPS) is 14.7. The zero-order valence-electron chi connectivity index (χ0n) is 14.5. The van der Waals surface area contributed by atoms with E-state index in [4.69, 9.17) is 9.84 Å². The molecule has 2 unspecified atom stereocenters. The molecule has 0 aliphatic heterocycles. The van der Waals surface area contributed by atoms with Crippen molar-refractivity contribution in [2.45, 2.75) is 71.6 Å². The molecule has 0 aromatic heterocycles. The Kier molecular flexibility index (Phi) is 10.3. The second-order valence-electron chi connectivity index (χ2n) is 6.08. The molecule has 23 heavy (non-hydrogen) atoms. The molecule has 0 aromatic carbocycles. The molecule has 134 valence electrons. The van der Waals surface area contributed by atoms with Gasteiger partial charge < -0.3 is 14.9 Å². The Morgan fingerprint density at radius 2 is 1.65 bits per heavy atom. The summed E-state index contributed by atoms with van der Waals surface area (Å²) < 4.78 is 4.93. The summed E-state index contributed by atoms with van der Waals surface area (Å²) in [4.78, 5) is 34.0. The first-order chi connectivity index (χ1) is 10.8. The fourth-order valence-electron chi connectivity index (χ4n) is 2.94. The van der Waals surface area contributed by atoms with E-state index in [0.717, 1.165) is 19.3 Å². The van der Waals surface area contributed by atoms with Crippen molar-refractivity contribution >= 4 is 17.9 Å². The van der Waals surface area contributed by atoms with E-state index in [0.29, 0.717) is 25.7 Å². The van der Waals surface area contributed by atoms with E-state index in [1.54, 1.807) is 0 Å². The number of carbonyl (C=O) groups is 3. The van der Waals surface area contributed by atoms with Crippen LogP contribution in [0.5, 0.6) is 0 Å². The van der Waals surface area contributed by atoms with Gasteiger partial charge in [-0.2, -0.15) is 0 Å². The highest BCUT2D eigenvalue weighted by Crippen LogP contribution is 2.38. The Bertz CT molecular complexity index is 393. The fraction of sp³-hybridized carbons (Fsp3) is 0.824. The molecule has 0 bridgehead atoms. The highest BCUT2D eigenvalue weighted by atomic mass is 16.5. The van der Waals surface area contributed by atoms with E-state index in [2.05, 4.69) is 0 Å². The summed E-state index contributed by atoms with van der Waals surface area (Å²) in [5, 5.41) is 17.9. The number of hydrogen-bond donors (Lipinski definition) is 2. The molecule has 0 aliphatic rings. The van der Waals surface area contributed by atoms with Crippen molar-refractivity contribution in [2.24, 2.45) is 11.3 Å². The highest BCUT2D eigenvalue weighted by molar-refractivity contribution is 5.78. The van der Waals surface area contributed by atoms with Crippen LogP contribution in [0.25, 0.3) is 0 Å². The molecular formula is C17H30O6. The number of carboxylic acids is 2. The number of rotatable bonds is 13. The number of carbonyl (C=O) groups excluding carboxylic acids is 1. The minimum Gasteiger partial charge on any atom is -0.481 e. The number of methoxy groups -OCH3 is 1. The van der Waals surface area contributed by atoms with Crippen molar-refractivity contribution in [1.29, 1.82) is 0 Å². The summed E-state index contributed by atoms with van der Waals surface area (Å²) in [5.74, 6) is -2.57. The van der Waals surface area contributed by atoms with Gasteiger partial charge in [-0.1, -0.05) is 33.1 Å². The van der Waals surface area contributed by atoms with Crippen LogP contribution < -0.4 is 0 Å². The summed E-state index contributed by atoms with van der Waals surface area (Å²) >= 11 is 0. The predicted molar refractivity (Wildman–Crippen MR) is 86.1 cm³/mol. The first-order valence-electron chi connectivity index (χ1n) is 8.36. The molecule has 0 spiro atoms. The SMILES string of the molecule is CCC(CC(CC)(CCCCCCC(=O)O)C(=O)OC)C(=O)O. The molecule has 0 radical (unpaired) electrons. The Morgan fingerprint density at radius 3 is 2.09 bits per heavy atom. The lowest BCUT2D eigenvalue weighted by atomic mass is 9.72. The monoisotopic (exact) mass is 330 g/mol. The summed E-state index contributed by atoms with van der Waals surface area (Å²) in [7, 11) is 1.33. The van der Waals surface area contributed by atoms with Gasteiger partial charge in [-0.05, 0) is 32.1 Å². The second-order valence-corrected chi connectivity index (χ2v) is 6.08. The van der Waals surface area contributed by atoms with Crippen LogP contribution in [-0.2, 0) is 19.1 Å². The molecule has 0 amide bonds. The quantitative estimate of drug-likeness (QED) is 0.396. The van der Waals surface area contributed by atoms with Gasteiger partial charge >= 0.3 is 17.9 Å². The molecule has 6 nitrogen and oxygen atoms in total. The van der Waals surface area contributed by atoms with Crippen molar-refractivity contribution in [2.75, 3.05) is 7.11 Å². The van der Waals surface area contributed by atoms with E-state index in [1.165, 1.54) is 7.11 Å². The molecule has 0 saturated heterocycles. The molecule has 0 rings (SSSR count). The predicted octanol–water partition coefficient (Wildman–Crippen LogP) is 3.48. The summed E-state index contributed by atoms with van der Waals surface area (Å²) in [6.07, 6.45) is 5.06.